The van der Waals surface area contributed by atoms with Crippen molar-refractivity contribution in [2.24, 2.45) is 0 Å². The van der Waals surface area contributed by atoms with Crippen LogP contribution in [0, 0.1) is 17.5 Å². The lowest BCUT2D eigenvalue weighted by molar-refractivity contribution is 0.106. The van der Waals surface area contributed by atoms with Gasteiger partial charge in [-0.2, -0.15) is 22.6 Å². The first-order valence-electron chi connectivity index (χ1n) is 8.54. The Morgan fingerprint density at radius 1 is 1.04 bits per heavy atom. The zero-order valence-electron chi connectivity index (χ0n) is 15.4. The van der Waals surface area contributed by atoms with Crippen molar-refractivity contribution in [2.75, 3.05) is 32.3 Å². The average Bonchev–Trinajstić information content (AvgIpc) is 3.05. The van der Waals surface area contributed by atoms with Gasteiger partial charge in [0.15, 0.2) is 11.6 Å². The third-order valence-corrected chi connectivity index (χ3v) is 4.77. The van der Waals surface area contributed by atoms with Crippen molar-refractivity contribution < 1.29 is 27.4 Å². The molecule has 1 aliphatic heterocycles. The summed E-state index contributed by atoms with van der Waals surface area (Å²) < 4.78 is 56.0. The van der Waals surface area contributed by atoms with Crippen LogP contribution in [0.1, 0.15) is 12.0 Å². The van der Waals surface area contributed by atoms with Gasteiger partial charge in [0.2, 0.25) is 17.7 Å². The van der Waals surface area contributed by atoms with Gasteiger partial charge in [0.1, 0.15) is 5.82 Å². The first-order chi connectivity index (χ1) is 13.4. The molecule has 2 atom stereocenters. The molecule has 1 aromatic carbocycles. The molecule has 2 unspecified atom stereocenters. The predicted octanol–water partition coefficient (Wildman–Crippen LogP) is 3.01. The molecule has 2 heterocycles. The molecule has 3 rings (SSSR count). The van der Waals surface area contributed by atoms with Crippen molar-refractivity contribution in [3.05, 3.63) is 41.2 Å². The Morgan fingerprint density at radius 3 is 2.32 bits per heavy atom. The SMILES string of the molecule is COc1cc(OC)nc(N2CC(S)CC2COCc2cc(F)c(F)cc2F)n1. The summed E-state index contributed by atoms with van der Waals surface area (Å²) in [6, 6.07) is 2.74. The van der Waals surface area contributed by atoms with Crippen LogP contribution in [-0.4, -0.2) is 48.6 Å². The lowest BCUT2D eigenvalue weighted by Gasteiger charge is -2.25. The summed E-state index contributed by atoms with van der Waals surface area (Å²) in [6.45, 7) is 0.596. The van der Waals surface area contributed by atoms with E-state index < -0.39 is 17.5 Å². The maximum atomic E-state index is 13.7. The topological polar surface area (TPSA) is 56.7 Å². The lowest BCUT2D eigenvalue weighted by Crippen LogP contribution is -2.34. The van der Waals surface area contributed by atoms with Crippen molar-refractivity contribution >= 4 is 18.6 Å². The van der Waals surface area contributed by atoms with E-state index in [2.05, 4.69) is 22.6 Å². The quantitative estimate of drug-likeness (QED) is 0.554. The number of nitrogens with zero attached hydrogens (tertiary/aromatic N) is 3. The van der Waals surface area contributed by atoms with Crippen molar-refractivity contribution in [1.29, 1.82) is 0 Å². The highest BCUT2D eigenvalue weighted by Crippen LogP contribution is 2.29. The molecular formula is C18H20F3N3O3S. The van der Waals surface area contributed by atoms with Gasteiger partial charge in [0.25, 0.3) is 0 Å². The van der Waals surface area contributed by atoms with E-state index in [1.165, 1.54) is 14.2 Å². The number of hydrogen-bond acceptors (Lipinski definition) is 7. The van der Waals surface area contributed by atoms with Crippen molar-refractivity contribution in [3.8, 4) is 11.8 Å². The standard InChI is InChI=1S/C18H20F3N3O3S/c1-25-16-6-17(26-2)23-18(22-16)24-7-12(28)4-11(24)9-27-8-10-3-14(20)15(21)5-13(10)19/h3,5-6,11-12,28H,4,7-9H2,1-2H3. The van der Waals surface area contributed by atoms with Crippen LogP contribution in [0.15, 0.2) is 18.2 Å². The minimum Gasteiger partial charge on any atom is -0.481 e. The fourth-order valence-corrected chi connectivity index (χ4v) is 3.42. The number of hydrogen-bond donors (Lipinski definition) is 1. The molecule has 0 spiro atoms. The van der Waals surface area contributed by atoms with Gasteiger partial charge >= 0.3 is 0 Å². The van der Waals surface area contributed by atoms with Crippen LogP contribution in [0.25, 0.3) is 0 Å². The molecule has 6 nitrogen and oxygen atoms in total. The molecule has 0 N–H and O–H groups in total. The van der Waals surface area contributed by atoms with Crippen LogP contribution in [0.4, 0.5) is 19.1 Å². The van der Waals surface area contributed by atoms with E-state index >= 15 is 0 Å². The molecule has 1 aliphatic rings. The van der Waals surface area contributed by atoms with E-state index in [1.54, 1.807) is 6.07 Å². The van der Waals surface area contributed by atoms with Crippen LogP contribution < -0.4 is 14.4 Å². The number of benzene rings is 1. The molecule has 0 bridgehead atoms. The number of ether oxygens (including phenoxy) is 3. The fourth-order valence-electron chi connectivity index (χ4n) is 3.00. The number of rotatable bonds is 7. The minimum absolute atomic E-state index is 0.0508. The first kappa shape index (κ1) is 20.5. The average molecular weight is 415 g/mol. The summed E-state index contributed by atoms with van der Waals surface area (Å²) in [5.41, 5.74) is -0.0508. The summed E-state index contributed by atoms with van der Waals surface area (Å²) >= 11 is 4.53. The molecule has 0 radical (unpaired) electrons. The summed E-state index contributed by atoms with van der Waals surface area (Å²) in [5, 5.41) is 0.0643. The van der Waals surface area contributed by atoms with E-state index in [0.29, 0.717) is 36.7 Å². The Hall–Kier alpha value is -2.20. The van der Waals surface area contributed by atoms with Gasteiger partial charge in [-0.15, -0.1) is 0 Å². The molecular weight excluding hydrogens is 395 g/mol. The maximum absolute atomic E-state index is 13.7. The zero-order valence-corrected chi connectivity index (χ0v) is 16.3. The van der Waals surface area contributed by atoms with Gasteiger partial charge in [0.05, 0.1) is 39.5 Å². The number of anilines is 1. The third kappa shape index (κ3) is 4.61. The lowest BCUT2D eigenvalue weighted by atomic mass is 10.2. The molecule has 1 aromatic heterocycles. The Bertz CT molecular complexity index is 821. The Kier molecular flexibility index (Phi) is 6.50. The van der Waals surface area contributed by atoms with Gasteiger partial charge in [-0.25, -0.2) is 13.2 Å². The van der Waals surface area contributed by atoms with Gasteiger partial charge < -0.3 is 19.1 Å². The van der Waals surface area contributed by atoms with E-state index in [9.17, 15) is 13.2 Å². The van der Waals surface area contributed by atoms with Gasteiger partial charge in [0, 0.05) is 23.4 Å². The molecule has 28 heavy (non-hydrogen) atoms. The van der Waals surface area contributed by atoms with Crippen molar-refractivity contribution in [1.82, 2.24) is 9.97 Å². The Balaban J connectivity index is 1.70. The second-order valence-electron chi connectivity index (χ2n) is 6.32. The number of methoxy groups -OCH3 is 2. The van der Waals surface area contributed by atoms with E-state index in [4.69, 9.17) is 14.2 Å². The molecule has 1 saturated heterocycles. The first-order valence-corrected chi connectivity index (χ1v) is 9.05. The highest BCUT2D eigenvalue weighted by Gasteiger charge is 2.33. The highest BCUT2D eigenvalue weighted by molar-refractivity contribution is 7.81. The molecule has 152 valence electrons. The fraction of sp³-hybridized carbons (Fsp3) is 0.444. The minimum atomic E-state index is -1.23. The summed E-state index contributed by atoms with van der Waals surface area (Å²) in [7, 11) is 2.99. The molecule has 1 fully saturated rings. The van der Waals surface area contributed by atoms with Gasteiger partial charge in [-0.3, -0.25) is 0 Å². The highest BCUT2D eigenvalue weighted by atomic mass is 32.1. The summed E-state index contributed by atoms with van der Waals surface area (Å²) in [6.07, 6.45) is 0.687. The second kappa shape index (κ2) is 8.87. The molecule has 0 amide bonds. The third-order valence-electron chi connectivity index (χ3n) is 4.39. The smallest absolute Gasteiger partial charge is 0.232 e. The molecule has 10 heteroatoms. The van der Waals surface area contributed by atoms with Gasteiger partial charge in [-0.05, 0) is 12.5 Å². The normalized spacial score (nSPS) is 19.1. The number of halogens is 3. The van der Waals surface area contributed by atoms with Crippen LogP contribution in [0.5, 0.6) is 11.8 Å². The van der Waals surface area contributed by atoms with Gasteiger partial charge in [-0.1, -0.05) is 0 Å². The zero-order chi connectivity index (χ0) is 20.3. The predicted molar refractivity (Wildman–Crippen MR) is 99.6 cm³/mol. The van der Waals surface area contributed by atoms with E-state index in [-0.39, 0.29) is 30.1 Å². The van der Waals surface area contributed by atoms with Crippen molar-refractivity contribution in [3.63, 3.8) is 0 Å². The number of thiol groups is 1. The van der Waals surface area contributed by atoms with E-state index in [0.717, 1.165) is 6.07 Å². The Morgan fingerprint density at radius 2 is 1.68 bits per heavy atom. The monoisotopic (exact) mass is 415 g/mol. The molecule has 0 saturated carbocycles. The van der Waals surface area contributed by atoms with Crippen LogP contribution in [-0.2, 0) is 11.3 Å². The van der Waals surface area contributed by atoms with Crippen LogP contribution >= 0.6 is 12.6 Å². The molecule has 0 aliphatic carbocycles. The van der Waals surface area contributed by atoms with Crippen molar-refractivity contribution in [2.45, 2.75) is 24.3 Å². The Labute approximate surface area is 166 Å². The maximum Gasteiger partial charge on any atom is 0.232 e. The van der Waals surface area contributed by atoms with Crippen LogP contribution in [0.2, 0.25) is 0 Å². The van der Waals surface area contributed by atoms with E-state index in [1.807, 2.05) is 4.90 Å². The molecule has 2 aromatic rings. The second-order valence-corrected chi connectivity index (χ2v) is 7.05. The number of aromatic nitrogens is 2. The summed E-state index contributed by atoms with van der Waals surface area (Å²) in [4.78, 5) is 10.6. The van der Waals surface area contributed by atoms with Crippen LogP contribution in [0.3, 0.4) is 0 Å². The largest absolute Gasteiger partial charge is 0.481 e. The summed E-state index contributed by atoms with van der Waals surface area (Å²) in [5.74, 6) is -2.09.